The van der Waals surface area contributed by atoms with E-state index in [9.17, 15) is 4.79 Å². The van der Waals surface area contributed by atoms with Crippen molar-refractivity contribution in [2.75, 3.05) is 5.32 Å². The van der Waals surface area contributed by atoms with Crippen LogP contribution in [0, 0.1) is 20.8 Å². The van der Waals surface area contributed by atoms with Crippen molar-refractivity contribution in [3.63, 3.8) is 0 Å². The van der Waals surface area contributed by atoms with E-state index >= 15 is 0 Å². The Morgan fingerprint density at radius 2 is 2.00 bits per heavy atom. The maximum atomic E-state index is 12.2. The van der Waals surface area contributed by atoms with Gasteiger partial charge >= 0.3 is 0 Å². The van der Waals surface area contributed by atoms with Gasteiger partial charge in [-0.3, -0.25) is 4.79 Å². The van der Waals surface area contributed by atoms with Gasteiger partial charge in [0, 0.05) is 5.56 Å². The molecule has 2 aromatic rings. The quantitative estimate of drug-likeness (QED) is 0.862. The van der Waals surface area contributed by atoms with Crippen LogP contribution in [0.5, 0.6) is 0 Å². The Hall–Kier alpha value is -1.62. The molecule has 0 radical (unpaired) electrons. The molecule has 0 unspecified atom stereocenters. The Labute approximate surface area is 114 Å². The van der Waals surface area contributed by atoms with Crippen molar-refractivity contribution in [3.8, 4) is 0 Å². The predicted molar refractivity (Wildman–Crippen MR) is 72.8 cm³/mol. The van der Waals surface area contributed by atoms with Gasteiger partial charge in [-0.1, -0.05) is 6.07 Å². The zero-order chi connectivity index (χ0) is 13.3. The van der Waals surface area contributed by atoms with E-state index in [0.717, 1.165) is 11.3 Å². The summed E-state index contributed by atoms with van der Waals surface area (Å²) in [5, 5.41) is 2.75. The molecule has 0 aliphatic carbocycles. The highest BCUT2D eigenvalue weighted by molar-refractivity contribution is 9.10. The van der Waals surface area contributed by atoms with Crippen LogP contribution in [0.3, 0.4) is 0 Å². The molecule has 2 rings (SSSR count). The lowest BCUT2D eigenvalue weighted by Gasteiger charge is -2.04. The van der Waals surface area contributed by atoms with Crippen molar-refractivity contribution in [1.29, 1.82) is 0 Å². The Morgan fingerprint density at radius 3 is 2.56 bits per heavy atom. The maximum absolute atomic E-state index is 12.2. The summed E-state index contributed by atoms with van der Waals surface area (Å²) in [5.41, 5.74) is 1.44. The van der Waals surface area contributed by atoms with Crippen LogP contribution in [-0.4, -0.2) is 10.9 Å². The number of furan rings is 1. The molecule has 1 amide bonds. The van der Waals surface area contributed by atoms with Crippen LogP contribution in [-0.2, 0) is 0 Å². The summed E-state index contributed by atoms with van der Waals surface area (Å²) < 4.78 is 6.12. The van der Waals surface area contributed by atoms with Crippen LogP contribution in [0.4, 0.5) is 5.82 Å². The first-order valence-corrected chi connectivity index (χ1v) is 6.29. The smallest absolute Gasteiger partial charge is 0.260 e. The lowest BCUT2D eigenvalue weighted by atomic mass is 10.1. The minimum atomic E-state index is -0.201. The molecule has 0 aliphatic rings. The van der Waals surface area contributed by atoms with Crippen molar-refractivity contribution < 1.29 is 9.21 Å². The molecule has 5 heteroatoms. The number of aryl methyl sites for hydroxylation is 2. The van der Waals surface area contributed by atoms with Gasteiger partial charge < -0.3 is 9.73 Å². The molecular formula is C13H13BrN2O2. The van der Waals surface area contributed by atoms with Gasteiger partial charge in [0.15, 0.2) is 0 Å². The highest BCUT2D eigenvalue weighted by Gasteiger charge is 2.18. The Morgan fingerprint density at radius 1 is 1.28 bits per heavy atom. The number of halogens is 1. The lowest BCUT2D eigenvalue weighted by molar-refractivity contribution is 0.102. The average molecular weight is 309 g/mol. The van der Waals surface area contributed by atoms with Crippen LogP contribution >= 0.6 is 15.9 Å². The van der Waals surface area contributed by atoms with Gasteiger partial charge in [-0.15, -0.1) is 0 Å². The van der Waals surface area contributed by atoms with E-state index in [2.05, 4.69) is 26.2 Å². The fourth-order valence-corrected chi connectivity index (χ4v) is 2.13. The van der Waals surface area contributed by atoms with Gasteiger partial charge in [0.25, 0.3) is 5.91 Å². The Bertz CT molecular complexity index is 605. The summed E-state index contributed by atoms with van der Waals surface area (Å²) >= 11 is 3.26. The molecule has 2 heterocycles. The Balaban J connectivity index is 2.27. The number of carbonyl (C=O) groups is 1. The fourth-order valence-electron chi connectivity index (χ4n) is 1.78. The number of amides is 1. The number of carbonyl (C=O) groups excluding carboxylic acids is 1. The standard InChI is InChI=1S/C13H13BrN2O2/c1-7-8(2)18-9(3)12(7)13(17)16-11-6-4-5-10(14)15-11/h4-6H,1-3H3,(H,15,16,17). The molecule has 0 aromatic carbocycles. The fraction of sp³-hybridized carbons (Fsp3) is 0.231. The predicted octanol–water partition coefficient (Wildman–Crippen LogP) is 3.61. The second-order valence-electron chi connectivity index (χ2n) is 4.01. The number of hydrogen-bond donors (Lipinski definition) is 1. The molecule has 4 nitrogen and oxygen atoms in total. The normalized spacial score (nSPS) is 10.4. The summed E-state index contributed by atoms with van der Waals surface area (Å²) in [6, 6.07) is 5.35. The topological polar surface area (TPSA) is 55.1 Å². The molecule has 0 aliphatic heterocycles. The van der Waals surface area contributed by atoms with Crippen molar-refractivity contribution in [2.24, 2.45) is 0 Å². The van der Waals surface area contributed by atoms with Crippen LogP contribution < -0.4 is 5.32 Å². The minimum Gasteiger partial charge on any atom is -0.466 e. The second-order valence-corrected chi connectivity index (χ2v) is 4.83. The van der Waals surface area contributed by atoms with Gasteiger partial charge in [0.1, 0.15) is 21.9 Å². The lowest BCUT2D eigenvalue weighted by Crippen LogP contribution is -2.14. The van der Waals surface area contributed by atoms with Crippen molar-refractivity contribution in [3.05, 3.63) is 45.4 Å². The third-order valence-electron chi connectivity index (χ3n) is 2.75. The zero-order valence-corrected chi connectivity index (χ0v) is 12.0. The SMILES string of the molecule is Cc1oc(C)c(C(=O)Nc2cccc(Br)n2)c1C. The molecule has 0 fully saturated rings. The molecular weight excluding hydrogens is 296 g/mol. The van der Waals surface area contributed by atoms with Gasteiger partial charge in [-0.2, -0.15) is 0 Å². The highest BCUT2D eigenvalue weighted by atomic mass is 79.9. The molecule has 0 saturated carbocycles. The zero-order valence-electron chi connectivity index (χ0n) is 10.4. The van der Waals surface area contributed by atoms with Crippen LogP contribution in [0.25, 0.3) is 0 Å². The van der Waals surface area contributed by atoms with E-state index in [-0.39, 0.29) is 5.91 Å². The van der Waals surface area contributed by atoms with Gasteiger partial charge in [-0.25, -0.2) is 4.98 Å². The molecule has 94 valence electrons. The Kier molecular flexibility index (Phi) is 3.52. The van der Waals surface area contributed by atoms with Crippen molar-refractivity contribution in [2.45, 2.75) is 20.8 Å². The van der Waals surface area contributed by atoms with Gasteiger partial charge in [0.2, 0.25) is 0 Å². The molecule has 1 N–H and O–H groups in total. The summed E-state index contributed by atoms with van der Waals surface area (Å²) in [7, 11) is 0. The number of nitrogens with one attached hydrogen (secondary N) is 1. The summed E-state index contributed by atoms with van der Waals surface area (Å²) in [6.45, 7) is 5.49. The summed E-state index contributed by atoms with van der Waals surface area (Å²) in [4.78, 5) is 16.3. The minimum absolute atomic E-state index is 0.201. The van der Waals surface area contributed by atoms with E-state index in [1.165, 1.54) is 0 Å². The van der Waals surface area contributed by atoms with Gasteiger partial charge in [-0.05, 0) is 48.8 Å². The first-order valence-electron chi connectivity index (χ1n) is 5.49. The monoisotopic (exact) mass is 308 g/mol. The average Bonchev–Trinajstić information content (AvgIpc) is 2.53. The number of aromatic nitrogens is 1. The molecule has 18 heavy (non-hydrogen) atoms. The van der Waals surface area contributed by atoms with E-state index in [1.807, 2.05) is 19.9 Å². The van der Waals surface area contributed by atoms with E-state index in [0.29, 0.717) is 21.7 Å². The molecule has 0 spiro atoms. The van der Waals surface area contributed by atoms with Crippen LogP contribution in [0.1, 0.15) is 27.4 Å². The third-order valence-corrected chi connectivity index (χ3v) is 3.19. The van der Waals surface area contributed by atoms with Crippen LogP contribution in [0.2, 0.25) is 0 Å². The number of rotatable bonds is 2. The summed E-state index contributed by atoms with van der Waals surface area (Å²) in [6.07, 6.45) is 0. The van der Waals surface area contributed by atoms with Crippen LogP contribution in [0.15, 0.2) is 27.2 Å². The molecule has 0 bridgehead atoms. The third kappa shape index (κ3) is 2.46. The first-order chi connectivity index (χ1) is 8.49. The molecule has 0 atom stereocenters. The van der Waals surface area contributed by atoms with E-state index < -0.39 is 0 Å². The van der Waals surface area contributed by atoms with E-state index in [1.54, 1.807) is 19.1 Å². The number of anilines is 1. The number of nitrogens with zero attached hydrogens (tertiary/aromatic N) is 1. The number of pyridine rings is 1. The largest absolute Gasteiger partial charge is 0.466 e. The van der Waals surface area contributed by atoms with Gasteiger partial charge in [0.05, 0.1) is 5.56 Å². The van der Waals surface area contributed by atoms with Crippen molar-refractivity contribution in [1.82, 2.24) is 4.98 Å². The molecule has 2 aromatic heterocycles. The van der Waals surface area contributed by atoms with Crippen molar-refractivity contribution >= 4 is 27.7 Å². The van der Waals surface area contributed by atoms with E-state index in [4.69, 9.17) is 4.42 Å². The maximum Gasteiger partial charge on any atom is 0.260 e. The summed E-state index contributed by atoms with van der Waals surface area (Å²) in [5.74, 6) is 1.69. The second kappa shape index (κ2) is 4.94. The molecule has 0 saturated heterocycles. The number of hydrogen-bond acceptors (Lipinski definition) is 3. The first kappa shape index (κ1) is 12.8. The highest BCUT2D eigenvalue weighted by Crippen LogP contribution is 2.21.